The molecule has 0 unspecified atom stereocenters. The van der Waals surface area contributed by atoms with Gasteiger partial charge < -0.3 is 19.1 Å². The summed E-state index contributed by atoms with van der Waals surface area (Å²) >= 11 is 0. The van der Waals surface area contributed by atoms with E-state index in [2.05, 4.69) is 21.4 Å². The molecule has 1 saturated heterocycles. The van der Waals surface area contributed by atoms with Gasteiger partial charge in [0.1, 0.15) is 5.75 Å². The number of nitrogens with zero attached hydrogens (tertiary/aromatic N) is 4. The van der Waals surface area contributed by atoms with Crippen LogP contribution in [-0.4, -0.2) is 53.1 Å². The molecule has 1 aromatic carbocycles. The van der Waals surface area contributed by atoms with Crippen molar-refractivity contribution in [3.05, 3.63) is 42.7 Å². The fourth-order valence-electron chi connectivity index (χ4n) is 2.74. The minimum absolute atomic E-state index is 0.0346. The molecule has 0 radical (unpaired) electrons. The number of para-hydroxylation sites is 1. The molecule has 6 nitrogen and oxygen atoms in total. The summed E-state index contributed by atoms with van der Waals surface area (Å²) in [4.78, 5) is 20.8. The number of carbonyl (C=O) groups excluding carboxylic acids is 1. The van der Waals surface area contributed by atoms with Crippen LogP contribution in [0.5, 0.6) is 5.75 Å². The Morgan fingerprint density at radius 2 is 1.91 bits per heavy atom. The molecule has 6 heteroatoms. The summed E-state index contributed by atoms with van der Waals surface area (Å²) < 4.78 is 7.66. The van der Waals surface area contributed by atoms with E-state index in [-0.39, 0.29) is 12.5 Å². The van der Waals surface area contributed by atoms with E-state index in [9.17, 15) is 4.79 Å². The average Bonchev–Trinajstić information content (AvgIpc) is 3.09. The van der Waals surface area contributed by atoms with Crippen LogP contribution in [0, 0.1) is 0 Å². The van der Waals surface area contributed by atoms with E-state index in [1.807, 2.05) is 47.6 Å². The molecule has 0 saturated carbocycles. The van der Waals surface area contributed by atoms with Crippen molar-refractivity contribution in [1.29, 1.82) is 0 Å². The lowest BCUT2D eigenvalue weighted by atomic mass is 10.3. The number of imidazole rings is 1. The van der Waals surface area contributed by atoms with Gasteiger partial charge in [0.05, 0.1) is 0 Å². The van der Waals surface area contributed by atoms with Crippen LogP contribution in [-0.2, 0) is 11.3 Å². The molecule has 23 heavy (non-hydrogen) atoms. The molecule has 0 atom stereocenters. The first-order valence-electron chi connectivity index (χ1n) is 7.99. The number of amides is 1. The third-order valence-electron chi connectivity index (χ3n) is 4.05. The lowest BCUT2D eigenvalue weighted by Crippen LogP contribution is -2.50. The molecular weight excluding hydrogens is 292 g/mol. The second kappa shape index (κ2) is 7.17. The van der Waals surface area contributed by atoms with E-state index in [0.29, 0.717) is 13.1 Å². The summed E-state index contributed by atoms with van der Waals surface area (Å²) in [5.74, 6) is 1.75. The molecule has 2 heterocycles. The van der Waals surface area contributed by atoms with Gasteiger partial charge in [0.2, 0.25) is 5.95 Å². The minimum atomic E-state index is 0.0346. The van der Waals surface area contributed by atoms with Gasteiger partial charge in [-0.1, -0.05) is 18.2 Å². The maximum Gasteiger partial charge on any atom is 0.260 e. The van der Waals surface area contributed by atoms with Crippen molar-refractivity contribution >= 4 is 11.9 Å². The van der Waals surface area contributed by atoms with Crippen LogP contribution in [0.1, 0.15) is 6.92 Å². The number of ether oxygens (including phenoxy) is 1. The van der Waals surface area contributed by atoms with Crippen LogP contribution >= 0.6 is 0 Å². The molecule has 1 fully saturated rings. The third kappa shape index (κ3) is 3.64. The number of aryl methyl sites for hydroxylation is 1. The van der Waals surface area contributed by atoms with Crippen molar-refractivity contribution in [3.63, 3.8) is 0 Å². The molecule has 1 aromatic heterocycles. The van der Waals surface area contributed by atoms with Crippen LogP contribution in [0.2, 0.25) is 0 Å². The summed E-state index contributed by atoms with van der Waals surface area (Å²) in [7, 11) is 0. The van der Waals surface area contributed by atoms with Crippen LogP contribution in [0.25, 0.3) is 0 Å². The Bertz CT molecular complexity index is 633. The second-order valence-electron chi connectivity index (χ2n) is 5.48. The standard InChI is InChI=1S/C17H22N4O2/c1-2-19-9-8-18-17(19)21-12-10-20(11-13-21)16(22)14-23-15-6-4-3-5-7-15/h3-9H,2,10-14H2,1H3. The molecular formula is C17H22N4O2. The lowest BCUT2D eigenvalue weighted by Gasteiger charge is -2.35. The highest BCUT2D eigenvalue weighted by Gasteiger charge is 2.23. The monoisotopic (exact) mass is 314 g/mol. The van der Waals surface area contributed by atoms with Gasteiger partial charge in [-0.3, -0.25) is 4.79 Å². The first-order chi connectivity index (χ1) is 11.3. The number of carbonyl (C=O) groups is 1. The fraction of sp³-hybridized carbons (Fsp3) is 0.412. The second-order valence-corrected chi connectivity index (χ2v) is 5.48. The van der Waals surface area contributed by atoms with Gasteiger partial charge in [0, 0.05) is 45.1 Å². The van der Waals surface area contributed by atoms with Crippen LogP contribution in [0.3, 0.4) is 0 Å². The predicted molar refractivity (Wildman–Crippen MR) is 88.6 cm³/mol. The first-order valence-corrected chi connectivity index (χ1v) is 7.99. The average molecular weight is 314 g/mol. The smallest absolute Gasteiger partial charge is 0.260 e. The summed E-state index contributed by atoms with van der Waals surface area (Å²) in [6.45, 7) is 6.10. The summed E-state index contributed by atoms with van der Waals surface area (Å²) in [6.07, 6.45) is 3.81. The van der Waals surface area contributed by atoms with Gasteiger partial charge in [-0.2, -0.15) is 0 Å². The molecule has 3 rings (SSSR count). The molecule has 0 aliphatic carbocycles. The van der Waals surface area contributed by atoms with Gasteiger partial charge in [0.25, 0.3) is 5.91 Å². The maximum atomic E-state index is 12.2. The van der Waals surface area contributed by atoms with Gasteiger partial charge in [-0.05, 0) is 19.1 Å². The van der Waals surface area contributed by atoms with E-state index in [1.165, 1.54) is 0 Å². The first kappa shape index (κ1) is 15.4. The maximum absolute atomic E-state index is 12.2. The zero-order valence-corrected chi connectivity index (χ0v) is 13.4. The number of anilines is 1. The van der Waals surface area contributed by atoms with E-state index in [0.717, 1.165) is 31.3 Å². The largest absolute Gasteiger partial charge is 0.484 e. The Morgan fingerprint density at radius 3 is 2.61 bits per heavy atom. The highest BCUT2D eigenvalue weighted by Crippen LogP contribution is 2.15. The fourth-order valence-corrected chi connectivity index (χ4v) is 2.74. The van der Waals surface area contributed by atoms with Crippen LogP contribution < -0.4 is 9.64 Å². The van der Waals surface area contributed by atoms with Gasteiger partial charge in [-0.25, -0.2) is 4.98 Å². The van der Waals surface area contributed by atoms with Crippen molar-refractivity contribution in [2.24, 2.45) is 0 Å². The molecule has 0 bridgehead atoms. The number of hydrogen-bond acceptors (Lipinski definition) is 4. The molecule has 0 N–H and O–H groups in total. The summed E-state index contributed by atoms with van der Waals surface area (Å²) in [6, 6.07) is 9.43. The zero-order chi connectivity index (χ0) is 16.1. The quantitative estimate of drug-likeness (QED) is 0.842. The molecule has 1 aliphatic heterocycles. The number of aromatic nitrogens is 2. The number of piperazine rings is 1. The van der Waals surface area contributed by atoms with Crippen LogP contribution in [0.15, 0.2) is 42.7 Å². The number of benzene rings is 1. The highest BCUT2D eigenvalue weighted by molar-refractivity contribution is 5.78. The number of rotatable bonds is 5. The van der Waals surface area contributed by atoms with Crippen molar-refractivity contribution in [2.75, 3.05) is 37.7 Å². The van der Waals surface area contributed by atoms with Crippen molar-refractivity contribution in [2.45, 2.75) is 13.5 Å². The van der Waals surface area contributed by atoms with E-state index in [4.69, 9.17) is 4.74 Å². The van der Waals surface area contributed by atoms with E-state index < -0.39 is 0 Å². The predicted octanol–water partition coefficient (Wildman–Crippen LogP) is 1.63. The lowest BCUT2D eigenvalue weighted by molar-refractivity contribution is -0.133. The highest BCUT2D eigenvalue weighted by atomic mass is 16.5. The zero-order valence-electron chi connectivity index (χ0n) is 13.4. The molecule has 1 amide bonds. The van der Waals surface area contributed by atoms with Gasteiger partial charge in [0.15, 0.2) is 6.61 Å². The van der Waals surface area contributed by atoms with Crippen molar-refractivity contribution in [1.82, 2.24) is 14.5 Å². The Hall–Kier alpha value is -2.50. The van der Waals surface area contributed by atoms with Crippen molar-refractivity contribution in [3.8, 4) is 5.75 Å². The summed E-state index contributed by atoms with van der Waals surface area (Å²) in [5, 5.41) is 0. The minimum Gasteiger partial charge on any atom is -0.484 e. The SMILES string of the molecule is CCn1ccnc1N1CCN(C(=O)COc2ccccc2)CC1. The topological polar surface area (TPSA) is 50.6 Å². The number of hydrogen-bond donors (Lipinski definition) is 0. The van der Waals surface area contributed by atoms with Gasteiger partial charge in [-0.15, -0.1) is 0 Å². The third-order valence-corrected chi connectivity index (χ3v) is 4.05. The van der Waals surface area contributed by atoms with Crippen molar-refractivity contribution < 1.29 is 9.53 Å². The Kier molecular flexibility index (Phi) is 4.80. The van der Waals surface area contributed by atoms with E-state index >= 15 is 0 Å². The molecule has 122 valence electrons. The summed E-state index contributed by atoms with van der Waals surface area (Å²) in [5.41, 5.74) is 0. The molecule has 0 spiro atoms. The van der Waals surface area contributed by atoms with Gasteiger partial charge >= 0.3 is 0 Å². The molecule has 2 aromatic rings. The Morgan fingerprint density at radius 1 is 1.17 bits per heavy atom. The normalized spacial score (nSPS) is 14.8. The van der Waals surface area contributed by atoms with Crippen LogP contribution in [0.4, 0.5) is 5.95 Å². The Labute approximate surface area is 136 Å². The Balaban J connectivity index is 1.49. The molecule has 1 aliphatic rings. The van der Waals surface area contributed by atoms with E-state index in [1.54, 1.807) is 0 Å².